The van der Waals surface area contributed by atoms with Crippen LogP contribution in [-0.4, -0.2) is 35.2 Å². The molecule has 0 aliphatic carbocycles. The molecule has 1 heterocycles. The standard InChI is InChI=1S/C18H22N2O3S/c1-4-20(15-7-5-6-14(2)12-15)24(21,22)16-8-9-17-18(13-16)23-11-10-19(17)3/h5-9,12-13H,4,10-11H2,1-3H3. The molecular weight excluding hydrogens is 324 g/mol. The Balaban J connectivity index is 2.03. The first kappa shape index (κ1) is 16.6. The number of hydrogen-bond acceptors (Lipinski definition) is 4. The van der Waals surface area contributed by atoms with Crippen molar-refractivity contribution in [1.82, 2.24) is 0 Å². The molecule has 0 unspecified atom stereocenters. The highest BCUT2D eigenvalue weighted by Crippen LogP contribution is 2.34. The molecule has 0 saturated carbocycles. The summed E-state index contributed by atoms with van der Waals surface area (Å²) in [5, 5.41) is 0. The van der Waals surface area contributed by atoms with Crippen LogP contribution in [-0.2, 0) is 10.0 Å². The van der Waals surface area contributed by atoms with Crippen molar-refractivity contribution < 1.29 is 13.2 Å². The Labute approximate surface area is 143 Å². The highest BCUT2D eigenvalue weighted by molar-refractivity contribution is 7.92. The van der Waals surface area contributed by atoms with E-state index in [1.807, 2.05) is 51.2 Å². The fraction of sp³-hybridized carbons (Fsp3) is 0.333. The van der Waals surface area contributed by atoms with Crippen molar-refractivity contribution in [2.75, 3.05) is 35.9 Å². The number of sulfonamides is 1. The third-order valence-corrected chi connectivity index (χ3v) is 6.09. The van der Waals surface area contributed by atoms with Crippen LogP contribution in [0.25, 0.3) is 0 Å². The van der Waals surface area contributed by atoms with Crippen LogP contribution in [0.5, 0.6) is 5.75 Å². The van der Waals surface area contributed by atoms with Crippen molar-refractivity contribution in [2.24, 2.45) is 0 Å². The number of fused-ring (bicyclic) bond motifs is 1. The highest BCUT2D eigenvalue weighted by Gasteiger charge is 2.26. The van der Waals surface area contributed by atoms with E-state index < -0.39 is 10.0 Å². The topological polar surface area (TPSA) is 49.9 Å². The number of ether oxygens (including phenoxy) is 1. The first-order valence-corrected chi connectivity index (χ1v) is 9.45. The number of hydrogen-bond donors (Lipinski definition) is 0. The van der Waals surface area contributed by atoms with Crippen molar-refractivity contribution in [1.29, 1.82) is 0 Å². The molecule has 24 heavy (non-hydrogen) atoms. The summed E-state index contributed by atoms with van der Waals surface area (Å²) in [4.78, 5) is 2.31. The molecule has 0 spiro atoms. The maximum atomic E-state index is 13.1. The van der Waals surface area contributed by atoms with Gasteiger partial charge < -0.3 is 9.64 Å². The van der Waals surface area contributed by atoms with Gasteiger partial charge in [0.15, 0.2) is 0 Å². The molecule has 0 atom stereocenters. The molecule has 0 N–H and O–H groups in total. The average Bonchev–Trinajstić information content (AvgIpc) is 2.55. The third kappa shape index (κ3) is 2.94. The second kappa shape index (κ2) is 6.36. The summed E-state index contributed by atoms with van der Waals surface area (Å²) < 4.78 is 33.3. The molecule has 2 aromatic rings. The normalized spacial score (nSPS) is 14.0. The molecule has 3 rings (SSSR count). The molecule has 6 heteroatoms. The van der Waals surface area contributed by atoms with Crippen LogP contribution in [0.4, 0.5) is 11.4 Å². The summed E-state index contributed by atoms with van der Waals surface area (Å²) in [5.41, 5.74) is 2.61. The van der Waals surface area contributed by atoms with Gasteiger partial charge in [-0.3, -0.25) is 4.31 Å². The van der Waals surface area contributed by atoms with E-state index in [1.165, 1.54) is 4.31 Å². The van der Waals surface area contributed by atoms with E-state index in [4.69, 9.17) is 4.74 Å². The Morgan fingerprint density at radius 1 is 1.21 bits per heavy atom. The fourth-order valence-electron chi connectivity index (χ4n) is 2.90. The highest BCUT2D eigenvalue weighted by atomic mass is 32.2. The van der Waals surface area contributed by atoms with Gasteiger partial charge in [0, 0.05) is 19.7 Å². The Hall–Kier alpha value is -2.21. The number of anilines is 2. The fourth-order valence-corrected chi connectivity index (χ4v) is 4.38. The Kier molecular flexibility index (Phi) is 4.41. The van der Waals surface area contributed by atoms with E-state index in [9.17, 15) is 8.42 Å². The van der Waals surface area contributed by atoms with Gasteiger partial charge in [-0.25, -0.2) is 8.42 Å². The molecule has 0 fully saturated rings. The summed E-state index contributed by atoms with van der Waals surface area (Å²) in [6, 6.07) is 12.6. The summed E-state index contributed by atoms with van der Waals surface area (Å²) in [5.74, 6) is 0.616. The lowest BCUT2D eigenvalue weighted by atomic mass is 10.2. The molecule has 0 amide bonds. The maximum Gasteiger partial charge on any atom is 0.264 e. The molecule has 2 aromatic carbocycles. The smallest absolute Gasteiger partial charge is 0.264 e. The van der Waals surface area contributed by atoms with Crippen molar-refractivity contribution in [3.63, 3.8) is 0 Å². The van der Waals surface area contributed by atoms with Gasteiger partial charge >= 0.3 is 0 Å². The van der Waals surface area contributed by atoms with Gasteiger partial charge in [0.1, 0.15) is 12.4 Å². The molecule has 1 aliphatic rings. The molecule has 0 radical (unpaired) electrons. The van der Waals surface area contributed by atoms with Crippen molar-refractivity contribution in [3.8, 4) is 5.75 Å². The largest absolute Gasteiger partial charge is 0.490 e. The van der Waals surface area contributed by atoms with Gasteiger partial charge in [-0.15, -0.1) is 0 Å². The van der Waals surface area contributed by atoms with Crippen LogP contribution in [0, 0.1) is 6.92 Å². The Morgan fingerprint density at radius 2 is 2.00 bits per heavy atom. The zero-order valence-corrected chi connectivity index (χ0v) is 15.0. The summed E-state index contributed by atoms with van der Waals surface area (Å²) in [7, 11) is -1.66. The zero-order valence-electron chi connectivity index (χ0n) is 14.2. The van der Waals surface area contributed by atoms with Gasteiger partial charge in [-0.1, -0.05) is 12.1 Å². The molecule has 128 valence electrons. The third-order valence-electron chi connectivity index (χ3n) is 4.19. The number of likely N-dealkylation sites (N-methyl/N-ethyl adjacent to an activating group) is 1. The van der Waals surface area contributed by atoms with Crippen LogP contribution < -0.4 is 13.9 Å². The molecule has 0 bridgehead atoms. The van der Waals surface area contributed by atoms with E-state index in [1.54, 1.807) is 12.1 Å². The monoisotopic (exact) mass is 346 g/mol. The summed E-state index contributed by atoms with van der Waals surface area (Å²) in [6.45, 7) is 5.50. The molecule has 0 aromatic heterocycles. The number of aryl methyl sites for hydroxylation is 1. The van der Waals surface area contributed by atoms with Crippen LogP contribution >= 0.6 is 0 Å². The second-order valence-electron chi connectivity index (χ2n) is 5.91. The van der Waals surface area contributed by atoms with Crippen LogP contribution in [0.3, 0.4) is 0 Å². The lowest BCUT2D eigenvalue weighted by Crippen LogP contribution is -2.32. The minimum absolute atomic E-state index is 0.250. The lowest BCUT2D eigenvalue weighted by molar-refractivity contribution is 0.310. The minimum Gasteiger partial charge on any atom is -0.490 e. The summed E-state index contributed by atoms with van der Waals surface area (Å²) >= 11 is 0. The number of rotatable bonds is 4. The van der Waals surface area contributed by atoms with E-state index >= 15 is 0 Å². The lowest BCUT2D eigenvalue weighted by Gasteiger charge is -2.29. The van der Waals surface area contributed by atoms with Crippen LogP contribution in [0.2, 0.25) is 0 Å². The molecule has 1 aliphatic heterocycles. The first-order chi connectivity index (χ1) is 11.4. The predicted octanol–water partition coefficient (Wildman–Crippen LogP) is 3.04. The second-order valence-corrected chi connectivity index (χ2v) is 7.77. The van der Waals surface area contributed by atoms with Gasteiger partial charge in [0.25, 0.3) is 10.0 Å². The number of benzene rings is 2. The summed E-state index contributed by atoms with van der Waals surface area (Å²) in [6.07, 6.45) is 0. The van der Waals surface area contributed by atoms with Crippen molar-refractivity contribution >= 4 is 21.4 Å². The SMILES string of the molecule is CCN(c1cccc(C)c1)S(=O)(=O)c1ccc2c(c1)OCCN2C. The van der Waals surface area contributed by atoms with Gasteiger partial charge in [-0.05, 0) is 43.7 Å². The van der Waals surface area contributed by atoms with E-state index in [0.29, 0.717) is 24.6 Å². The zero-order chi connectivity index (χ0) is 17.3. The molecule has 5 nitrogen and oxygen atoms in total. The van der Waals surface area contributed by atoms with E-state index in [-0.39, 0.29) is 4.90 Å². The van der Waals surface area contributed by atoms with Gasteiger partial charge in [0.2, 0.25) is 0 Å². The van der Waals surface area contributed by atoms with Crippen LogP contribution in [0.15, 0.2) is 47.4 Å². The minimum atomic E-state index is -3.64. The Morgan fingerprint density at radius 3 is 2.71 bits per heavy atom. The predicted molar refractivity (Wildman–Crippen MR) is 96.6 cm³/mol. The van der Waals surface area contributed by atoms with Crippen molar-refractivity contribution in [2.45, 2.75) is 18.7 Å². The van der Waals surface area contributed by atoms with Gasteiger partial charge in [0.05, 0.1) is 22.8 Å². The van der Waals surface area contributed by atoms with E-state index in [2.05, 4.69) is 4.90 Å². The maximum absolute atomic E-state index is 13.1. The van der Waals surface area contributed by atoms with Crippen molar-refractivity contribution in [3.05, 3.63) is 48.0 Å². The molecular formula is C18H22N2O3S. The van der Waals surface area contributed by atoms with Crippen LogP contribution in [0.1, 0.15) is 12.5 Å². The molecule has 0 saturated heterocycles. The first-order valence-electron chi connectivity index (χ1n) is 8.01. The number of nitrogens with zero attached hydrogens (tertiary/aromatic N) is 2. The Bertz CT molecular complexity index is 849. The van der Waals surface area contributed by atoms with Gasteiger partial charge in [-0.2, -0.15) is 0 Å². The quantitative estimate of drug-likeness (QED) is 0.854. The van der Waals surface area contributed by atoms with E-state index in [0.717, 1.165) is 17.8 Å². The average molecular weight is 346 g/mol.